The van der Waals surface area contributed by atoms with Crippen LogP contribution in [0.5, 0.6) is 0 Å². The Kier molecular flexibility index (Phi) is 5.98. The van der Waals surface area contributed by atoms with Crippen molar-refractivity contribution in [2.45, 2.75) is 18.8 Å². The van der Waals surface area contributed by atoms with Crippen LogP contribution >= 0.6 is 0 Å². The number of rotatable bonds is 5. The lowest BCUT2D eigenvalue weighted by molar-refractivity contribution is -0.143. The van der Waals surface area contributed by atoms with Gasteiger partial charge in [0.2, 0.25) is 0 Å². The Morgan fingerprint density at radius 1 is 1.09 bits per heavy atom. The number of benzene rings is 2. The molecule has 9 nitrogen and oxygen atoms in total. The average Bonchev–Trinajstić information content (AvgIpc) is 3.39. The molecule has 180 valence electrons. The van der Waals surface area contributed by atoms with Gasteiger partial charge in [-0.25, -0.2) is 4.79 Å². The molecule has 1 atom stereocenters. The molecule has 5 rings (SSSR count). The fourth-order valence-corrected chi connectivity index (χ4v) is 4.95. The Balaban J connectivity index is 1.24. The maximum absolute atomic E-state index is 12.9. The number of aryl methyl sites for hydroxylation is 1. The van der Waals surface area contributed by atoms with Crippen LogP contribution in [0.2, 0.25) is 0 Å². The second-order valence-electron chi connectivity index (χ2n) is 8.92. The number of nitrogens with one attached hydrogen (secondary N) is 1. The minimum absolute atomic E-state index is 0.0573. The number of hydrogen-bond acceptors (Lipinski definition) is 5. The summed E-state index contributed by atoms with van der Waals surface area (Å²) in [7, 11) is 1.62. The van der Waals surface area contributed by atoms with Gasteiger partial charge in [-0.3, -0.25) is 19.6 Å². The fraction of sp³-hybridized carbons (Fsp3) is 0.308. The third-order valence-corrected chi connectivity index (χ3v) is 6.73. The quantitative estimate of drug-likeness (QED) is 0.583. The number of anilines is 1. The number of carboxylic acids is 1. The molecule has 1 aliphatic heterocycles. The van der Waals surface area contributed by atoms with Gasteiger partial charge in [-0.2, -0.15) is 5.10 Å². The van der Waals surface area contributed by atoms with E-state index in [9.17, 15) is 19.5 Å². The number of carboxylic acid groups (broad SMARTS) is 1. The van der Waals surface area contributed by atoms with Crippen molar-refractivity contribution < 1.29 is 24.2 Å². The monoisotopic (exact) mass is 474 g/mol. The number of carbonyl (C=O) groups is 3. The Bertz CT molecular complexity index is 1250. The molecule has 1 aromatic heterocycles. The maximum atomic E-state index is 12.9. The number of aromatic nitrogens is 2. The van der Waals surface area contributed by atoms with Gasteiger partial charge in [0.1, 0.15) is 12.4 Å². The zero-order valence-electron chi connectivity index (χ0n) is 19.3. The Morgan fingerprint density at radius 2 is 1.74 bits per heavy atom. The first kappa shape index (κ1) is 22.6. The van der Waals surface area contributed by atoms with Gasteiger partial charge in [0.05, 0.1) is 5.92 Å². The van der Waals surface area contributed by atoms with Gasteiger partial charge in [0.25, 0.3) is 5.91 Å². The van der Waals surface area contributed by atoms with Crippen molar-refractivity contribution >= 4 is 23.8 Å². The predicted molar refractivity (Wildman–Crippen MR) is 128 cm³/mol. The van der Waals surface area contributed by atoms with Gasteiger partial charge in [0.15, 0.2) is 5.69 Å². The molecule has 2 aromatic carbocycles. The van der Waals surface area contributed by atoms with E-state index in [1.807, 2.05) is 24.3 Å². The highest BCUT2D eigenvalue weighted by atomic mass is 16.5. The number of carbonyl (C=O) groups excluding carboxylic acids is 2. The summed E-state index contributed by atoms with van der Waals surface area (Å²) in [5.41, 5.74) is 4.68. The molecule has 2 aliphatic rings. The van der Waals surface area contributed by atoms with Crippen LogP contribution in [0.3, 0.4) is 0 Å². The molecule has 0 unspecified atom stereocenters. The highest BCUT2D eigenvalue weighted by Gasteiger charge is 2.31. The van der Waals surface area contributed by atoms with E-state index < -0.39 is 18.0 Å². The number of nitrogens with zero attached hydrogens (tertiary/aromatic N) is 3. The van der Waals surface area contributed by atoms with Crippen LogP contribution < -0.4 is 5.32 Å². The van der Waals surface area contributed by atoms with E-state index >= 15 is 0 Å². The average molecular weight is 475 g/mol. The summed E-state index contributed by atoms with van der Waals surface area (Å²) in [4.78, 5) is 38.3. The minimum atomic E-state index is -0.902. The largest absolute Gasteiger partial charge is 0.481 e. The van der Waals surface area contributed by atoms with Crippen molar-refractivity contribution in [2.75, 3.05) is 25.0 Å². The van der Waals surface area contributed by atoms with Gasteiger partial charge >= 0.3 is 12.1 Å². The number of ether oxygens (including phenoxy) is 1. The van der Waals surface area contributed by atoms with E-state index in [4.69, 9.17) is 4.74 Å². The summed E-state index contributed by atoms with van der Waals surface area (Å²) in [6, 6.07) is 17.7. The molecule has 1 aliphatic carbocycles. The van der Waals surface area contributed by atoms with Crippen molar-refractivity contribution in [3.05, 3.63) is 71.4 Å². The molecule has 1 fully saturated rings. The van der Waals surface area contributed by atoms with Crippen molar-refractivity contribution in [2.24, 2.45) is 13.0 Å². The lowest BCUT2D eigenvalue weighted by atomic mass is 9.98. The number of likely N-dealkylation sites (tertiary alicyclic amines) is 1. The topological polar surface area (TPSA) is 114 Å². The van der Waals surface area contributed by atoms with E-state index in [0.29, 0.717) is 25.2 Å². The first-order valence-corrected chi connectivity index (χ1v) is 11.6. The summed E-state index contributed by atoms with van der Waals surface area (Å²) in [6.07, 6.45) is 0.536. The molecule has 2 N–H and O–H groups in total. The van der Waals surface area contributed by atoms with Crippen LogP contribution in [0.1, 0.15) is 40.4 Å². The van der Waals surface area contributed by atoms with Crippen LogP contribution in [-0.2, 0) is 16.6 Å². The van der Waals surface area contributed by atoms with Crippen LogP contribution in [0.25, 0.3) is 11.1 Å². The minimum Gasteiger partial charge on any atom is -0.481 e. The van der Waals surface area contributed by atoms with E-state index in [2.05, 4.69) is 34.7 Å². The van der Waals surface area contributed by atoms with Crippen LogP contribution in [-0.4, -0.2) is 57.5 Å². The number of aliphatic carboxylic acids is 1. The molecule has 9 heteroatoms. The SMILES string of the molecule is Cn1nc(C(=O)N2CCC[C@H](C(=O)O)C2)cc1NC(=O)OCC1c2ccccc2-c2ccccc21. The van der Waals surface area contributed by atoms with Crippen molar-refractivity contribution in [1.82, 2.24) is 14.7 Å². The first-order chi connectivity index (χ1) is 16.9. The molecule has 1 saturated heterocycles. The van der Waals surface area contributed by atoms with Gasteiger partial charge in [0, 0.05) is 32.1 Å². The number of fused-ring (bicyclic) bond motifs is 3. The lowest BCUT2D eigenvalue weighted by Gasteiger charge is -2.30. The summed E-state index contributed by atoms with van der Waals surface area (Å²) in [5.74, 6) is -1.57. The molecule has 0 bridgehead atoms. The molecule has 0 radical (unpaired) electrons. The summed E-state index contributed by atoms with van der Waals surface area (Å²) >= 11 is 0. The first-order valence-electron chi connectivity index (χ1n) is 11.6. The smallest absolute Gasteiger partial charge is 0.412 e. The highest BCUT2D eigenvalue weighted by Crippen LogP contribution is 2.44. The Hall–Kier alpha value is -4.14. The number of amides is 2. The summed E-state index contributed by atoms with van der Waals surface area (Å²) in [5, 5.41) is 16.1. The van der Waals surface area contributed by atoms with Crippen molar-refractivity contribution in [3.63, 3.8) is 0 Å². The van der Waals surface area contributed by atoms with Gasteiger partial charge in [-0.05, 0) is 35.1 Å². The third kappa shape index (κ3) is 4.37. The lowest BCUT2D eigenvalue weighted by Crippen LogP contribution is -2.42. The normalized spacial score (nSPS) is 16.9. The molecule has 0 spiro atoms. The number of hydrogen-bond donors (Lipinski definition) is 2. The Labute approximate surface area is 202 Å². The van der Waals surface area contributed by atoms with Crippen molar-refractivity contribution in [1.29, 1.82) is 0 Å². The van der Waals surface area contributed by atoms with E-state index in [1.54, 1.807) is 7.05 Å². The van der Waals surface area contributed by atoms with E-state index in [0.717, 1.165) is 22.3 Å². The molecule has 3 aromatic rings. The van der Waals surface area contributed by atoms with Gasteiger partial charge in [-0.1, -0.05) is 48.5 Å². The van der Waals surface area contributed by atoms with Crippen LogP contribution in [0.4, 0.5) is 10.6 Å². The maximum Gasteiger partial charge on any atom is 0.412 e. The van der Waals surface area contributed by atoms with E-state index in [-0.39, 0.29) is 30.7 Å². The molecular formula is C26H26N4O5. The summed E-state index contributed by atoms with van der Waals surface area (Å²) in [6.45, 7) is 0.808. The van der Waals surface area contributed by atoms with Crippen molar-refractivity contribution in [3.8, 4) is 11.1 Å². The molecule has 35 heavy (non-hydrogen) atoms. The second-order valence-corrected chi connectivity index (χ2v) is 8.92. The van der Waals surface area contributed by atoms with Crippen LogP contribution in [0.15, 0.2) is 54.6 Å². The van der Waals surface area contributed by atoms with Gasteiger partial charge < -0.3 is 14.7 Å². The Morgan fingerprint density at radius 3 is 2.40 bits per heavy atom. The predicted octanol–water partition coefficient (Wildman–Crippen LogP) is 3.72. The number of piperidine rings is 1. The zero-order valence-corrected chi connectivity index (χ0v) is 19.3. The molecule has 0 saturated carbocycles. The summed E-state index contributed by atoms with van der Waals surface area (Å²) < 4.78 is 6.97. The highest BCUT2D eigenvalue weighted by molar-refractivity contribution is 5.94. The molecule has 2 heterocycles. The van der Waals surface area contributed by atoms with E-state index in [1.165, 1.54) is 15.6 Å². The standard InChI is InChI=1S/C26H26N4O5/c1-29-23(13-22(28-29)24(31)30-12-6-7-16(14-30)25(32)33)27-26(34)35-15-21-19-10-4-2-8-17(19)18-9-3-5-11-20(18)21/h2-5,8-11,13,16,21H,6-7,12,14-15H2,1H3,(H,27,34)(H,32,33)/t16-/m0/s1. The second kappa shape index (κ2) is 9.25. The third-order valence-electron chi connectivity index (χ3n) is 6.73. The molecular weight excluding hydrogens is 448 g/mol. The fourth-order valence-electron chi connectivity index (χ4n) is 4.95. The zero-order chi connectivity index (χ0) is 24.5. The molecule has 2 amide bonds. The van der Waals surface area contributed by atoms with Crippen LogP contribution in [0, 0.1) is 5.92 Å². The van der Waals surface area contributed by atoms with Gasteiger partial charge in [-0.15, -0.1) is 0 Å².